The van der Waals surface area contributed by atoms with Crippen LogP contribution in [0.5, 0.6) is 0 Å². The monoisotopic (exact) mass is 394 g/mol. The molecule has 3 aromatic rings. The first-order valence-electron chi connectivity index (χ1n) is 8.88. The van der Waals surface area contributed by atoms with E-state index >= 15 is 0 Å². The van der Waals surface area contributed by atoms with Gasteiger partial charge in [-0.3, -0.25) is 9.52 Å². The van der Waals surface area contributed by atoms with Crippen LogP contribution in [0.1, 0.15) is 27.0 Å². The number of nitrogens with one attached hydrogen (secondary N) is 2. The molecule has 0 saturated carbocycles. The van der Waals surface area contributed by atoms with Crippen molar-refractivity contribution in [3.8, 4) is 0 Å². The van der Waals surface area contributed by atoms with Gasteiger partial charge in [0.05, 0.1) is 10.6 Å². The van der Waals surface area contributed by atoms with Crippen LogP contribution in [-0.4, -0.2) is 14.3 Å². The summed E-state index contributed by atoms with van der Waals surface area (Å²) in [6, 6.07) is 21.0. The molecule has 144 valence electrons. The molecule has 0 fully saturated rings. The smallest absolute Gasteiger partial charge is 0.261 e. The number of carbonyl (C=O) groups is 1. The highest BCUT2D eigenvalue weighted by Crippen LogP contribution is 2.22. The second kappa shape index (κ2) is 8.27. The minimum Gasteiger partial charge on any atom is -0.348 e. The van der Waals surface area contributed by atoms with Crippen molar-refractivity contribution in [3.05, 3.63) is 95.1 Å². The Morgan fingerprint density at radius 1 is 0.857 bits per heavy atom. The lowest BCUT2D eigenvalue weighted by molar-refractivity contribution is 0.0950. The van der Waals surface area contributed by atoms with Crippen molar-refractivity contribution in [3.63, 3.8) is 0 Å². The van der Waals surface area contributed by atoms with E-state index in [4.69, 9.17) is 0 Å². The maximum absolute atomic E-state index is 12.6. The predicted octanol–water partition coefficient (Wildman–Crippen LogP) is 4.03. The first-order valence-corrected chi connectivity index (χ1v) is 10.4. The third kappa shape index (κ3) is 4.40. The van der Waals surface area contributed by atoms with Gasteiger partial charge in [0.25, 0.3) is 15.9 Å². The van der Waals surface area contributed by atoms with Gasteiger partial charge in [-0.05, 0) is 54.8 Å². The molecule has 0 radical (unpaired) electrons. The highest BCUT2D eigenvalue weighted by molar-refractivity contribution is 7.92. The lowest BCUT2D eigenvalue weighted by Crippen LogP contribution is -2.24. The van der Waals surface area contributed by atoms with E-state index in [1.54, 1.807) is 43.3 Å². The minimum atomic E-state index is -3.72. The Kier molecular flexibility index (Phi) is 5.80. The predicted molar refractivity (Wildman–Crippen MR) is 111 cm³/mol. The molecule has 0 spiro atoms. The van der Waals surface area contributed by atoms with Gasteiger partial charge in [0.1, 0.15) is 0 Å². The SMILES string of the molecule is Cc1ccccc1CNC(=O)c1cccc(NS(=O)(=O)c2ccccc2)c1C. The summed E-state index contributed by atoms with van der Waals surface area (Å²) in [5, 5.41) is 2.90. The summed E-state index contributed by atoms with van der Waals surface area (Å²) in [7, 11) is -3.72. The van der Waals surface area contributed by atoms with Crippen molar-refractivity contribution < 1.29 is 13.2 Å². The van der Waals surface area contributed by atoms with Gasteiger partial charge >= 0.3 is 0 Å². The molecule has 0 atom stereocenters. The number of aryl methyl sites for hydroxylation is 1. The fourth-order valence-corrected chi connectivity index (χ4v) is 4.02. The topological polar surface area (TPSA) is 75.3 Å². The van der Waals surface area contributed by atoms with E-state index in [-0.39, 0.29) is 10.8 Å². The molecule has 5 nitrogen and oxygen atoms in total. The molecule has 1 amide bonds. The van der Waals surface area contributed by atoms with Crippen molar-refractivity contribution in [2.75, 3.05) is 4.72 Å². The van der Waals surface area contributed by atoms with Gasteiger partial charge in [0.2, 0.25) is 0 Å². The van der Waals surface area contributed by atoms with Gasteiger partial charge in [-0.15, -0.1) is 0 Å². The van der Waals surface area contributed by atoms with E-state index in [0.29, 0.717) is 23.4 Å². The molecule has 0 saturated heterocycles. The molecule has 28 heavy (non-hydrogen) atoms. The highest BCUT2D eigenvalue weighted by atomic mass is 32.2. The van der Waals surface area contributed by atoms with E-state index in [1.807, 2.05) is 31.2 Å². The van der Waals surface area contributed by atoms with E-state index in [1.165, 1.54) is 12.1 Å². The quantitative estimate of drug-likeness (QED) is 0.663. The van der Waals surface area contributed by atoms with Crippen LogP contribution in [-0.2, 0) is 16.6 Å². The number of hydrogen-bond acceptors (Lipinski definition) is 3. The van der Waals surface area contributed by atoms with Gasteiger partial charge in [0.15, 0.2) is 0 Å². The number of benzene rings is 3. The zero-order valence-corrected chi connectivity index (χ0v) is 16.6. The highest BCUT2D eigenvalue weighted by Gasteiger charge is 2.17. The first kappa shape index (κ1) is 19.6. The summed E-state index contributed by atoms with van der Waals surface area (Å²) in [6.07, 6.45) is 0. The Morgan fingerprint density at radius 2 is 1.54 bits per heavy atom. The van der Waals surface area contributed by atoms with Gasteiger partial charge in [-0.1, -0.05) is 48.5 Å². The molecule has 0 aliphatic rings. The summed E-state index contributed by atoms with van der Waals surface area (Å²) < 4.78 is 27.7. The molecule has 0 heterocycles. The van der Waals surface area contributed by atoms with Gasteiger partial charge in [-0.2, -0.15) is 0 Å². The van der Waals surface area contributed by atoms with E-state index in [9.17, 15) is 13.2 Å². The van der Waals surface area contributed by atoms with Crippen LogP contribution >= 0.6 is 0 Å². The summed E-state index contributed by atoms with van der Waals surface area (Å²) in [6.45, 7) is 4.13. The molecule has 0 aromatic heterocycles. The Morgan fingerprint density at radius 3 is 2.25 bits per heavy atom. The lowest BCUT2D eigenvalue weighted by atomic mass is 10.1. The Hall–Kier alpha value is -3.12. The van der Waals surface area contributed by atoms with Crippen LogP contribution in [0.3, 0.4) is 0 Å². The zero-order valence-electron chi connectivity index (χ0n) is 15.8. The van der Waals surface area contributed by atoms with Crippen LogP contribution in [0.4, 0.5) is 5.69 Å². The molecular weight excluding hydrogens is 372 g/mol. The van der Waals surface area contributed by atoms with Crippen LogP contribution in [0.25, 0.3) is 0 Å². The van der Waals surface area contributed by atoms with Crippen molar-refractivity contribution in [2.45, 2.75) is 25.3 Å². The molecular formula is C22H22N2O3S. The van der Waals surface area contributed by atoms with Crippen LogP contribution in [0.15, 0.2) is 77.7 Å². The summed E-state index contributed by atoms with van der Waals surface area (Å²) in [5.74, 6) is -0.249. The van der Waals surface area contributed by atoms with E-state index in [2.05, 4.69) is 10.0 Å². The summed E-state index contributed by atoms with van der Waals surface area (Å²) >= 11 is 0. The fraction of sp³-hybridized carbons (Fsp3) is 0.136. The second-order valence-corrected chi connectivity index (χ2v) is 8.19. The number of rotatable bonds is 6. The lowest BCUT2D eigenvalue weighted by Gasteiger charge is -2.14. The van der Waals surface area contributed by atoms with Crippen molar-refractivity contribution >= 4 is 21.6 Å². The maximum Gasteiger partial charge on any atom is 0.261 e. The second-order valence-electron chi connectivity index (χ2n) is 6.51. The van der Waals surface area contributed by atoms with Crippen LogP contribution in [0.2, 0.25) is 0 Å². The van der Waals surface area contributed by atoms with Crippen molar-refractivity contribution in [2.24, 2.45) is 0 Å². The number of carbonyl (C=O) groups excluding carboxylic acids is 1. The molecule has 0 bridgehead atoms. The Bertz CT molecular complexity index is 1090. The normalized spacial score (nSPS) is 11.1. The maximum atomic E-state index is 12.6. The number of anilines is 1. The third-order valence-electron chi connectivity index (χ3n) is 4.58. The van der Waals surface area contributed by atoms with Crippen LogP contribution in [0, 0.1) is 13.8 Å². The minimum absolute atomic E-state index is 0.170. The molecule has 2 N–H and O–H groups in total. The average molecular weight is 394 g/mol. The van der Waals surface area contributed by atoms with Crippen molar-refractivity contribution in [1.82, 2.24) is 5.32 Å². The zero-order chi connectivity index (χ0) is 20.1. The summed E-state index contributed by atoms with van der Waals surface area (Å²) in [4.78, 5) is 12.8. The molecule has 0 unspecified atom stereocenters. The van der Waals surface area contributed by atoms with Gasteiger partial charge in [0, 0.05) is 12.1 Å². The fourth-order valence-electron chi connectivity index (χ4n) is 2.87. The number of hydrogen-bond donors (Lipinski definition) is 2. The summed E-state index contributed by atoms with van der Waals surface area (Å²) in [5.41, 5.74) is 3.52. The molecule has 0 aliphatic carbocycles. The van der Waals surface area contributed by atoms with Gasteiger partial charge < -0.3 is 5.32 Å². The van der Waals surface area contributed by atoms with E-state index < -0.39 is 10.0 Å². The first-order chi connectivity index (χ1) is 13.4. The Balaban J connectivity index is 1.79. The standard InChI is InChI=1S/C22H22N2O3S/c1-16-9-6-7-10-18(16)15-23-22(25)20-13-8-14-21(17(20)2)24-28(26,27)19-11-4-3-5-12-19/h3-14,24H,15H2,1-2H3,(H,23,25). The number of amides is 1. The average Bonchev–Trinajstić information content (AvgIpc) is 2.69. The largest absolute Gasteiger partial charge is 0.348 e. The van der Waals surface area contributed by atoms with E-state index in [0.717, 1.165) is 11.1 Å². The number of sulfonamides is 1. The van der Waals surface area contributed by atoms with Crippen molar-refractivity contribution in [1.29, 1.82) is 0 Å². The molecule has 3 aromatic carbocycles. The molecule has 0 aliphatic heterocycles. The van der Waals surface area contributed by atoms with Crippen LogP contribution < -0.4 is 10.0 Å². The molecule has 3 rings (SSSR count). The van der Waals surface area contributed by atoms with Gasteiger partial charge in [-0.25, -0.2) is 8.42 Å². The molecule has 6 heteroatoms. The Labute approximate surface area is 165 Å². The third-order valence-corrected chi connectivity index (χ3v) is 5.96.